The summed E-state index contributed by atoms with van der Waals surface area (Å²) in [6.07, 6.45) is 4.36. The Bertz CT molecular complexity index is 595. The van der Waals surface area contributed by atoms with Gasteiger partial charge in [0, 0.05) is 24.8 Å². The molecule has 1 aliphatic heterocycles. The maximum Gasteiger partial charge on any atom is 0.115 e. The Kier molecular flexibility index (Phi) is 3.97. The number of piperidine rings is 1. The zero-order valence-corrected chi connectivity index (χ0v) is 12.8. The first-order valence-electron chi connectivity index (χ1n) is 7.62. The highest BCUT2D eigenvalue weighted by Crippen LogP contribution is 2.29. The molecule has 0 atom stereocenters. The largest absolute Gasteiger partial charge is 0.508 e. The summed E-state index contributed by atoms with van der Waals surface area (Å²) in [7, 11) is 2.00. The second-order valence-electron chi connectivity index (χ2n) is 6.02. The minimum Gasteiger partial charge on any atom is -0.508 e. The van der Waals surface area contributed by atoms with Crippen molar-refractivity contribution in [2.24, 2.45) is 7.05 Å². The number of phenols is 1. The number of phenolic OH excluding ortho intramolecular Hbond substituents is 1. The molecule has 2 aromatic rings. The van der Waals surface area contributed by atoms with Crippen LogP contribution in [0.4, 0.5) is 0 Å². The fourth-order valence-electron chi connectivity index (χ4n) is 3.11. The van der Waals surface area contributed by atoms with Gasteiger partial charge >= 0.3 is 0 Å². The first-order chi connectivity index (χ1) is 10.1. The summed E-state index contributed by atoms with van der Waals surface area (Å²) < 4.78 is 1.94. The van der Waals surface area contributed by atoms with Gasteiger partial charge in [-0.15, -0.1) is 0 Å². The summed E-state index contributed by atoms with van der Waals surface area (Å²) in [6.45, 7) is 5.38. The highest BCUT2D eigenvalue weighted by atomic mass is 16.3. The van der Waals surface area contributed by atoms with E-state index in [2.05, 4.69) is 29.1 Å². The van der Waals surface area contributed by atoms with Gasteiger partial charge in [0.05, 0.1) is 6.20 Å². The third kappa shape index (κ3) is 3.10. The molecule has 1 aliphatic rings. The smallest absolute Gasteiger partial charge is 0.115 e. The number of hydrogen-bond donors (Lipinski definition) is 1. The summed E-state index contributed by atoms with van der Waals surface area (Å²) in [4.78, 5) is 2.51. The van der Waals surface area contributed by atoms with Crippen molar-refractivity contribution in [2.45, 2.75) is 32.2 Å². The van der Waals surface area contributed by atoms with Gasteiger partial charge in [0.25, 0.3) is 0 Å². The Morgan fingerprint density at radius 1 is 1.19 bits per heavy atom. The molecule has 2 heterocycles. The van der Waals surface area contributed by atoms with Gasteiger partial charge in [-0.1, -0.05) is 12.1 Å². The molecular formula is C17H23N3O. The molecule has 3 rings (SSSR count). The molecule has 4 nitrogen and oxygen atoms in total. The molecule has 0 saturated carbocycles. The normalized spacial score (nSPS) is 17.2. The topological polar surface area (TPSA) is 41.3 Å². The molecule has 1 aromatic carbocycles. The summed E-state index contributed by atoms with van der Waals surface area (Å²) in [6, 6.07) is 7.70. The van der Waals surface area contributed by atoms with Crippen molar-refractivity contribution in [2.75, 3.05) is 13.1 Å². The number of benzene rings is 1. The molecule has 112 valence electrons. The maximum atomic E-state index is 9.37. The van der Waals surface area contributed by atoms with Crippen molar-refractivity contribution >= 4 is 0 Å². The highest BCUT2D eigenvalue weighted by Gasteiger charge is 2.21. The fraction of sp³-hybridized carbons (Fsp3) is 0.471. The van der Waals surface area contributed by atoms with Gasteiger partial charge in [-0.05, 0) is 56.5 Å². The van der Waals surface area contributed by atoms with Crippen LogP contribution in [0.1, 0.15) is 35.6 Å². The van der Waals surface area contributed by atoms with Crippen LogP contribution < -0.4 is 0 Å². The average Bonchev–Trinajstić information content (AvgIpc) is 2.81. The van der Waals surface area contributed by atoms with Gasteiger partial charge in [-0.3, -0.25) is 9.58 Å². The van der Waals surface area contributed by atoms with Crippen molar-refractivity contribution in [3.05, 3.63) is 47.3 Å². The first-order valence-corrected chi connectivity index (χ1v) is 7.62. The minimum absolute atomic E-state index is 0.350. The number of aromatic nitrogens is 2. The van der Waals surface area contributed by atoms with Crippen molar-refractivity contribution in [1.29, 1.82) is 0 Å². The third-order valence-corrected chi connectivity index (χ3v) is 4.68. The van der Waals surface area contributed by atoms with Crippen LogP contribution in [-0.2, 0) is 13.6 Å². The summed E-state index contributed by atoms with van der Waals surface area (Å²) in [5.74, 6) is 0.972. The molecule has 21 heavy (non-hydrogen) atoms. The van der Waals surface area contributed by atoms with Crippen LogP contribution in [0.5, 0.6) is 5.75 Å². The van der Waals surface area contributed by atoms with E-state index in [0.717, 1.165) is 19.6 Å². The van der Waals surface area contributed by atoms with Gasteiger partial charge in [0.15, 0.2) is 0 Å². The van der Waals surface area contributed by atoms with Crippen LogP contribution >= 0.6 is 0 Å². The number of hydrogen-bond acceptors (Lipinski definition) is 3. The van der Waals surface area contributed by atoms with Crippen LogP contribution in [0.25, 0.3) is 0 Å². The average molecular weight is 285 g/mol. The molecule has 0 aliphatic carbocycles. The molecule has 1 aromatic heterocycles. The highest BCUT2D eigenvalue weighted by molar-refractivity contribution is 5.28. The van der Waals surface area contributed by atoms with E-state index in [9.17, 15) is 5.11 Å². The van der Waals surface area contributed by atoms with E-state index in [1.807, 2.05) is 17.9 Å². The lowest BCUT2D eigenvalue weighted by molar-refractivity contribution is 0.204. The van der Waals surface area contributed by atoms with Crippen LogP contribution in [0.15, 0.2) is 30.5 Å². The third-order valence-electron chi connectivity index (χ3n) is 4.68. The van der Waals surface area contributed by atoms with Crippen molar-refractivity contribution in [3.8, 4) is 5.75 Å². The number of nitrogens with zero attached hydrogens (tertiary/aromatic N) is 3. The zero-order chi connectivity index (χ0) is 14.8. The van der Waals surface area contributed by atoms with E-state index < -0.39 is 0 Å². The van der Waals surface area contributed by atoms with Crippen molar-refractivity contribution in [3.63, 3.8) is 0 Å². The lowest BCUT2D eigenvalue weighted by Crippen LogP contribution is -2.32. The van der Waals surface area contributed by atoms with Gasteiger partial charge in [0.1, 0.15) is 5.75 Å². The summed E-state index contributed by atoms with van der Waals surface area (Å²) >= 11 is 0. The second kappa shape index (κ2) is 5.90. The van der Waals surface area contributed by atoms with E-state index in [1.54, 1.807) is 12.1 Å². The van der Waals surface area contributed by atoms with E-state index in [0.29, 0.717) is 11.7 Å². The molecule has 0 radical (unpaired) electrons. The molecule has 0 bridgehead atoms. The number of aromatic hydroxyl groups is 1. The first kappa shape index (κ1) is 14.1. The Morgan fingerprint density at radius 3 is 2.43 bits per heavy atom. The van der Waals surface area contributed by atoms with Crippen LogP contribution in [0.2, 0.25) is 0 Å². The monoisotopic (exact) mass is 285 g/mol. The second-order valence-corrected chi connectivity index (χ2v) is 6.02. The molecule has 0 unspecified atom stereocenters. The maximum absolute atomic E-state index is 9.37. The van der Waals surface area contributed by atoms with E-state index in [4.69, 9.17) is 0 Å². The molecule has 0 amide bonds. The van der Waals surface area contributed by atoms with Gasteiger partial charge < -0.3 is 5.11 Å². The van der Waals surface area contributed by atoms with E-state index in [-0.39, 0.29) is 0 Å². The number of aryl methyl sites for hydroxylation is 1. The SMILES string of the molecule is Cc1c(CN2CCC(c3ccc(O)cc3)CC2)cnn1C. The minimum atomic E-state index is 0.350. The molecule has 1 N–H and O–H groups in total. The predicted octanol–water partition coefficient (Wildman–Crippen LogP) is 2.81. The van der Waals surface area contributed by atoms with Crippen molar-refractivity contribution < 1.29 is 5.11 Å². The number of likely N-dealkylation sites (tertiary alicyclic amines) is 1. The molecular weight excluding hydrogens is 262 g/mol. The Morgan fingerprint density at radius 2 is 1.86 bits per heavy atom. The van der Waals surface area contributed by atoms with Crippen molar-refractivity contribution in [1.82, 2.24) is 14.7 Å². The fourth-order valence-corrected chi connectivity index (χ4v) is 3.11. The van der Waals surface area contributed by atoms with Crippen LogP contribution in [-0.4, -0.2) is 32.9 Å². The number of rotatable bonds is 3. The van der Waals surface area contributed by atoms with Crippen LogP contribution in [0.3, 0.4) is 0 Å². The Balaban J connectivity index is 1.58. The Labute approximate surface area is 126 Å². The lowest BCUT2D eigenvalue weighted by Gasteiger charge is -2.32. The Hall–Kier alpha value is -1.81. The van der Waals surface area contributed by atoms with E-state index >= 15 is 0 Å². The van der Waals surface area contributed by atoms with Gasteiger partial charge in [-0.2, -0.15) is 5.10 Å². The summed E-state index contributed by atoms with van der Waals surface area (Å²) in [5.41, 5.74) is 3.95. The van der Waals surface area contributed by atoms with Crippen LogP contribution in [0, 0.1) is 6.92 Å². The lowest BCUT2D eigenvalue weighted by atomic mass is 9.89. The molecule has 0 spiro atoms. The quantitative estimate of drug-likeness (QED) is 0.943. The molecule has 1 saturated heterocycles. The molecule has 4 heteroatoms. The zero-order valence-electron chi connectivity index (χ0n) is 12.8. The standard InChI is InChI=1S/C17H23N3O/c1-13-16(11-18-19(13)2)12-20-9-7-15(8-10-20)14-3-5-17(21)6-4-14/h3-6,11,15,21H,7-10,12H2,1-2H3. The predicted molar refractivity (Wildman–Crippen MR) is 83.3 cm³/mol. The van der Waals surface area contributed by atoms with Gasteiger partial charge in [0.2, 0.25) is 0 Å². The van der Waals surface area contributed by atoms with Gasteiger partial charge in [-0.25, -0.2) is 0 Å². The molecule has 1 fully saturated rings. The summed E-state index contributed by atoms with van der Waals surface area (Å²) in [5, 5.41) is 13.7. The van der Waals surface area contributed by atoms with E-state index in [1.165, 1.54) is 29.7 Å².